The zero-order valence-corrected chi connectivity index (χ0v) is 17.2. The van der Waals surface area contributed by atoms with Gasteiger partial charge in [-0.3, -0.25) is 0 Å². The molecule has 1 atom stereocenters. The molecule has 148 valence electrons. The molecule has 2 aromatic rings. The van der Waals surface area contributed by atoms with Gasteiger partial charge >= 0.3 is 0 Å². The summed E-state index contributed by atoms with van der Waals surface area (Å²) in [6.45, 7) is 6.03. The Bertz CT molecular complexity index is 834. The first kappa shape index (κ1) is 20.4. The predicted octanol–water partition coefficient (Wildman–Crippen LogP) is 3.77. The SMILES string of the molecule is CCC(N)(C#Cc1ccc(N2CC[C@H](OC)C2)nc1Cc1ccccc1)CC. The van der Waals surface area contributed by atoms with Gasteiger partial charge in [0.2, 0.25) is 0 Å². The average Bonchev–Trinajstić information content (AvgIpc) is 3.22. The fourth-order valence-corrected chi connectivity index (χ4v) is 3.45. The highest BCUT2D eigenvalue weighted by Gasteiger charge is 2.23. The number of hydrogen-bond acceptors (Lipinski definition) is 4. The van der Waals surface area contributed by atoms with Gasteiger partial charge in [0.05, 0.1) is 17.3 Å². The molecule has 3 rings (SSSR count). The van der Waals surface area contributed by atoms with Gasteiger partial charge in [-0.15, -0.1) is 0 Å². The van der Waals surface area contributed by atoms with Crippen LogP contribution in [0.5, 0.6) is 0 Å². The summed E-state index contributed by atoms with van der Waals surface area (Å²) in [7, 11) is 1.78. The molecular weight excluding hydrogens is 346 g/mol. The van der Waals surface area contributed by atoms with E-state index >= 15 is 0 Å². The third-order valence-electron chi connectivity index (χ3n) is 5.68. The number of nitrogens with two attached hydrogens (primary N) is 1. The van der Waals surface area contributed by atoms with Gasteiger partial charge in [-0.05, 0) is 37.0 Å². The minimum Gasteiger partial charge on any atom is -0.380 e. The van der Waals surface area contributed by atoms with E-state index in [-0.39, 0.29) is 6.10 Å². The van der Waals surface area contributed by atoms with E-state index in [4.69, 9.17) is 15.5 Å². The largest absolute Gasteiger partial charge is 0.380 e. The summed E-state index contributed by atoms with van der Waals surface area (Å²) in [5.41, 5.74) is 9.15. The summed E-state index contributed by atoms with van der Waals surface area (Å²) in [4.78, 5) is 7.29. The van der Waals surface area contributed by atoms with Gasteiger partial charge in [-0.25, -0.2) is 4.98 Å². The van der Waals surface area contributed by atoms with Crippen LogP contribution in [-0.4, -0.2) is 36.8 Å². The first-order chi connectivity index (χ1) is 13.6. The van der Waals surface area contributed by atoms with Crippen LogP contribution in [0.25, 0.3) is 0 Å². The minimum absolute atomic E-state index is 0.283. The summed E-state index contributed by atoms with van der Waals surface area (Å²) in [6, 6.07) is 14.6. The van der Waals surface area contributed by atoms with Crippen molar-refractivity contribution in [2.45, 2.75) is 51.2 Å². The average molecular weight is 378 g/mol. The first-order valence-corrected chi connectivity index (χ1v) is 10.2. The van der Waals surface area contributed by atoms with Crippen LogP contribution in [0, 0.1) is 11.8 Å². The van der Waals surface area contributed by atoms with Crippen molar-refractivity contribution in [2.24, 2.45) is 5.73 Å². The molecule has 0 amide bonds. The Labute approximate surface area is 169 Å². The van der Waals surface area contributed by atoms with Gasteiger partial charge in [0, 0.05) is 32.2 Å². The lowest BCUT2D eigenvalue weighted by Gasteiger charge is -2.20. The molecule has 1 fully saturated rings. The van der Waals surface area contributed by atoms with E-state index in [1.165, 1.54) is 5.56 Å². The van der Waals surface area contributed by atoms with Crippen molar-refractivity contribution in [3.8, 4) is 11.8 Å². The molecule has 1 aliphatic heterocycles. The summed E-state index contributed by atoms with van der Waals surface area (Å²) in [5, 5.41) is 0. The third-order valence-corrected chi connectivity index (χ3v) is 5.68. The fourth-order valence-electron chi connectivity index (χ4n) is 3.45. The molecule has 0 spiro atoms. The first-order valence-electron chi connectivity index (χ1n) is 10.2. The molecule has 0 aliphatic carbocycles. The molecule has 1 aliphatic rings. The van der Waals surface area contributed by atoms with Crippen LogP contribution in [0.2, 0.25) is 0 Å². The van der Waals surface area contributed by atoms with Crippen molar-refractivity contribution >= 4 is 5.82 Å². The molecular formula is C24H31N3O. The van der Waals surface area contributed by atoms with Crippen molar-refractivity contribution in [1.29, 1.82) is 0 Å². The highest BCUT2D eigenvalue weighted by atomic mass is 16.5. The second-order valence-electron chi connectivity index (χ2n) is 7.53. The second-order valence-corrected chi connectivity index (χ2v) is 7.53. The van der Waals surface area contributed by atoms with Gasteiger partial charge in [-0.2, -0.15) is 0 Å². The molecule has 1 saturated heterocycles. The second kappa shape index (κ2) is 9.23. The molecule has 0 radical (unpaired) electrons. The molecule has 4 nitrogen and oxygen atoms in total. The van der Waals surface area contributed by atoms with Crippen LogP contribution in [0.3, 0.4) is 0 Å². The summed E-state index contributed by atoms with van der Waals surface area (Å²) < 4.78 is 5.51. The van der Waals surface area contributed by atoms with E-state index in [1.54, 1.807) is 7.11 Å². The number of rotatable bonds is 6. The number of aromatic nitrogens is 1. The molecule has 0 bridgehead atoms. The van der Waals surface area contributed by atoms with E-state index in [2.05, 4.69) is 67.0 Å². The Balaban J connectivity index is 1.93. The zero-order valence-electron chi connectivity index (χ0n) is 17.2. The van der Waals surface area contributed by atoms with E-state index in [1.807, 2.05) is 6.07 Å². The van der Waals surface area contributed by atoms with E-state index < -0.39 is 5.54 Å². The van der Waals surface area contributed by atoms with Crippen LogP contribution in [0.4, 0.5) is 5.82 Å². The van der Waals surface area contributed by atoms with Crippen molar-refractivity contribution in [2.75, 3.05) is 25.1 Å². The summed E-state index contributed by atoms with van der Waals surface area (Å²) >= 11 is 0. The van der Waals surface area contributed by atoms with Crippen LogP contribution < -0.4 is 10.6 Å². The highest BCUT2D eigenvalue weighted by molar-refractivity contribution is 5.49. The number of anilines is 1. The lowest BCUT2D eigenvalue weighted by molar-refractivity contribution is 0.121. The van der Waals surface area contributed by atoms with Crippen molar-refractivity contribution in [1.82, 2.24) is 4.98 Å². The molecule has 28 heavy (non-hydrogen) atoms. The number of methoxy groups -OCH3 is 1. The predicted molar refractivity (Wildman–Crippen MR) is 115 cm³/mol. The zero-order chi connectivity index (χ0) is 20.0. The van der Waals surface area contributed by atoms with Gasteiger partial charge in [0.25, 0.3) is 0 Å². The summed E-state index contributed by atoms with van der Waals surface area (Å²) in [5.74, 6) is 7.63. The van der Waals surface area contributed by atoms with E-state index in [0.29, 0.717) is 0 Å². The fraction of sp³-hybridized carbons (Fsp3) is 0.458. The van der Waals surface area contributed by atoms with Gasteiger partial charge in [-0.1, -0.05) is 56.0 Å². The number of hydrogen-bond donors (Lipinski definition) is 1. The Morgan fingerprint density at radius 3 is 2.57 bits per heavy atom. The monoisotopic (exact) mass is 377 g/mol. The van der Waals surface area contributed by atoms with Crippen LogP contribution in [0.1, 0.15) is 49.9 Å². The van der Waals surface area contributed by atoms with Crippen LogP contribution in [-0.2, 0) is 11.2 Å². The van der Waals surface area contributed by atoms with Gasteiger partial charge < -0.3 is 15.4 Å². The van der Waals surface area contributed by atoms with E-state index in [0.717, 1.165) is 55.8 Å². The number of ether oxygens (including phenoxy) is 1. The smallest absolute Gasteiger partial charge is 0.128 e. The van der Waals surface area contributed by atoms with Crippen molar-refractivity contribution < 1.29 is 4.74 Å². The molecule has 2 heterocycles. The standard InChI is InChI=1S/C24H31N3O/c1-4-24(25,5-2)15-13-20-11-12-23(27-16-14-21(18-27)28-3)26-22(20)17-19-9-7-6-8-10-19/h6-12,21H,4-5,14,16-18,25H2,1-3H3/t21-/m0/s1. The van der Waals surface area contributed by atoms with Gasteiger partial charge in [0.1, 0.15) is 5.82 Å². The number of benzene rings is 1. The lowest BCUT2D eigenvalue weighted by atomic mass is 9.94. The van der Waals surface area contributed by atoms with Crippen LogP contribution in [0.15, 0.2) is 42.5 Å². The minimum atomic E-state index is -0.441. The topological polar surface area (TPSA) is 51.4 Å². The maximum Gasteiger partial charge on any atom is 0.128 e. The molecule has 0 unspecified atom stereocenters. The lowest BCUT2D eigenvalue weighted by Crippen LogP contribution is -2.36. The van der Waals surface area contributed by atoms with Crippen LogP contribution >= 0.6 is 0 Å². The van der Waals surface area contributed by atoms with Gasteiger partial charge in [0.15, 0.2) is 0 Å². The Kier molecular flexibility index (Phi) is 6.72. The molecule has 1 aromatic heterocycles. The maximum absolute atomic E-state index is 6.39. The highest BCUT2D eigenvalue weighted by Crippen LogP contribution is 2.23. The Morgan fingerprint density at radius 1 is 1.18 bits per heavy atom. The van der Waals surface area contributed by atoms with E-state index in [9.17, 15) is 0 Å². The molecule has 0 saturated carbocycles. The number of pyridine rings is 1. The molecule has 4 heteroatoms. The maximum atomic E-state index is 6.39. The number of nitrogens with zero attached hydrogens (tertiary/aromatic N) is 2. The summed E-state index contributed by atoms with van der Waals surface area (Å²) in [6.07, 6.45) is 3.75. The molecule has 2 N–H and O–H groups in total. The van der Waals surface area contributed by atoms with Crippen molar-refractivity contribution in [3.63, 3.8) is 0 Å². The Hall–Kier alpha value is -2.35. The third kappa shape index (κ3) is 4.92. The quantitative estimate of drug-likeness (QED) is 0.779. The Morgan fingerprint density at radius 2 is 1.93 bits per heavy atom. The normalized spacial score (nSPS) is 16.7. The van der Waals surface area contributed by atoms with Crippen molar-refractivity contribution in [3.05, 3.63) is 59.3 Å². The molecule has 1 aromatic carbocycles.